The Morgan fingerprint density at radius 1 is 1.16 bits per heavy atom. The van der Waals surface area contributed by atoms with E-state index in [0.29, 0.717) is 0 Å². The molecule has 1 aliphatic heterocycles. The maximum atomic E-state index is 12.8. The van der Waals surface area contributed by atoms with Gasteiger partial charge >= 0.3 is 0 Å². The van der Waals surface area contributed by atoms with Crippen LogP contribution in [0.5, 0.6) is 0 Å². The van der Waals surface area contributed by atoms with Gasteiger partial charge in [-0.15, -0.1) is 0 Å². The molecule has 1 heterocycles. The number of carbonyl (C=O) groups is 1. The van der Waals surface area contributed by atoms with Crippen molar-refractivity contribution in [3.05, 3.63) is 59.7 Å². The smallest absolute Gasteiger partial charge is 0.232 e. The number of fused-ring (bicyclic) bond motifs is 1. The first-order chi connectivity index (χ1) is 12.0. The van der Waals surface area contributed by atoms with E-state index in [1.807, 2.05) is 24.3 Å². The Hall–Kier alpha value is -2.33. The van der Waals surface area contributed by atoms with Crippen molar-refractivity contribution in [2.24, 2.45) is 0 Å². The van der Waals surface area contributed by atoms with E-state index in [1.54, 1.807) is 0 Å². The zero-order valence-electron chi connectivity index (χ0n) is 15.3. The predicted octanol–water partition coefficient (Wildman–Crippen LogP) is 3.35. The van der Waals surface area contributed by atoms with E-state index in [-0.39, 0.29) is 11.8 Å². The van der Waals surface area contributed by atoms with E-state index in [9.17, 15) is 4.79 Å². The first kappa shape index (κ1) is 17.5. The number of benzene rings is 2. The summed E-state index contributed by atoms with van der Waals surface area (Å²) in [6.07, 6.45) is 1.86. The molecular formula is C21H27N3O. The molecule has 1 unspecified atom stereocenters. The normalized spacial score (nSPS) is 16.6. The van der Waals surface area contributed by atoms with Crippen molar-refractivity contribution in [2.45, 2.75) is 18.8 Å². The quantitative estimate of drug-likeness (QED) is 0.909. The molecule has 0 fully saturated rings. The second kappa shape index (κ2) is 7.70. The molecule has 0 radical (unpaired) electrons. The van der Waals surface area contributed by atoms with Crippen LogP contribution in [0.1, 0.15) is 23.5 Å². The Kier molecular flexibility index (Phi) is 5.39. The number of hydrogen-bond acceptors (Lipinski definition) is 3. The van der Waals surface area contributed by atoms with Crippen LogP contribution in [0.25, 0.3) is 0 Å². The van der Waals surface area contributed by atoms with Gasteiger partial charge < -0.3 is 15.1 Å². The Bertz CT molecular complexity index is 724. The molecule has 0 bridgehead atoms. The summed E-state index contributed by atoms with van der Waals surface area (Å²) in [6.45, 7) is 1.93. The molecule has 0 saturated heterocycles. The summed E-state index contributed by atoms with van der Waals surface area (Å²) in [5.41, 5.74) is 4.44. The Morgan fingerprint density at radius 2 is 1.88 bits per heavy atom. The molecule has 2 aromatic carbocycles. The van der Waals surface area contributed by atoms with Crippen LogP contribution in [0.4, 0.5) is 11.4 Å². The lowest BCUT2D eigenvalue weighted by atomic mass is 9.89. The predicted molar refractivity (Wildman–Crippen MR) is 104 cm³/mol. The average Bonchev–Trinajstić information content (AvgIpc) is 2.61. The molecule has 1 atom stereocenters. The standard InChI is InChI=1S/C21H27N3O/c1-23(2)14-12-16-8-10-17(11-9-16)22-21(25)19-13-15-24(3)20-7-5-4-6-18(19)20/h4-11,19H,12-15H2,1-3H3,(H,22,25). The lowest BCUT2D eigenvalue weighted by molar-refractivity contribution is -0.117. The molecule has 4 heteroatoms. The van der Waals surface area contributed by atoms with Gasteiger partial charge in [0.15, 0.2) is 0 Å². The Balaban J connectivity index is 1.67. The van der Waals surface area contributed by atoms with E-state index in [4.69, 9.17) is 0 Å². The largest absolute Gasteiger partial charge is 0.374 e. The van der Waals surface area contributed by atoms with Crippen molar-refractivity contribution >= 4 is 17.3 Å². The highest BCUT2D eigenvalue weighted by Crippen LogP contribution is 2.35. The van der Waals surface area contributed by atoms with Crippen LogP contribution in [0.2, 0.25) is 0 Å². The van der Waals surface area contributed by atoms with E-state index in [2.05, 4.69) is 60.5 Å². The first-order valence-corrected chi connectivity index (χ1v) is 8.89. The molecule has 1 aliphatic rings. The topological polar surface area (TPSA) is 35.6 Å². The third-order valence-electron chi connectivity index (χ3n) is 4.86. The van der Waals surface area contributed by atoms with Gasteiger partial charge in [0, 0.05) is 31.5 Å². The molecular weight excluding hydrogens is 310 g/mol. The summed E-state index contributed by atoms with van der Waals surface area (Å²) >= 11 is 0. The lowest BCUT2D eigenvalue weighted by Crippen LogP contribution is -2.32. The Labute approximate surface area is 150 Å². The van der Waals surface area contributed by atoms with Crippen LogP contribution in [-0.4, -0.2) is 45.0 Å². The van der Waals surface area contributed by atoms with Crippen molar-refractivity contribution in [2.75, 3.05) is 44.4 Å². The maximum absolute atomic E-state index is 12.8. The number of nitrogens with zero attached hydrogens (tertiary/aromatic N) is 2. The number of para-hydroxylation sites is 1. The maximum Gasteiger partial charge on any atom is 0.232 e. The summed E-state index contributed by atoms with van der Waals surface area (Å²) in [5.74, 6) is 0.00223. The number of rotatable bonds is 5. The lowest BCUT2D eigenvalue weighted by Gasteiger charge is -2.32. The molecule has 4 nitrogen and oxygen atoms in total. The zero-order chi connectivity index (χ0) is 17.8. The van der Waals surface area contributed by atoms with Crippen molar-refractivity contribution in [3.63, 3.8) is 0 Å². The van der Waals surface area contributed by atoms with Gasteiger partial charge in [0.1, 0.15) is 0 Å². The van der Waals surface area contributed by atoms with Crippen molar-refractivity contribution in [3.8, 4) is 0 Å². The number of likely N-dealkylation sites (N-methyl/N-ethyl adjacent to an activating group) is 1. The number of amides is 1. The summed E-state index contributed by atoms with van der Waals surface area (Å²) in [6, 6.07) is 16.4. The Morgan fingerprint density at radius 3 is 2.60 bits per heavy atom. The van der Waals surface area contributed by atoms with Gasteiger partial charge in [0.05, 0.1) is 5.92 Å². The SMILES string of the molecule is CN(C)CCc1ccc(NC(=O)C2CCN(C)c3ccccc32)cc1. The molecule has 1 N–H and O–H groups in total. The van der Waals surface area contributed by atoms with Crippen LogP contribution < -0.4 is 10.2 Å². The molecule has 0 spiro atoms. The number of nitrogens with one attached hydrogen (secondary N) is 1. The molecule has 1 amide bonds. The van der Waals surface area contributed by atoms with Crippen LogP contribution in [0, 0.1) is 0 Å². The molecule has 0 aromatic heterocycles. The second-order valence-corrected chi connectivity index (χ2v) is 7.06. The van der Waals surface area contributed by atoms with Gasteiger partial charge in [-0.3, -0.25) is 4.79 Å². The molecule has 132 valence electrons. The fourth-order valence-corrected chi connectivity index (χ4v) is 3.34. The van der Waals surface area contributed by atoms with Crippen molar-refractivity contribution in [1.29, 1.82) is 0 Å². The van der Waals surface area contributed by atoms with Gasteiger partial charge in [-0.2, -0.15) is 0 Å². The fraction of sp³-hybridized carbons (Fsp3) is 0.381. The van der Waals surface area contributed by atoms with Gasteiger partial charge in [-0.05, 0) is 56.3 Å². The summed E-state index contributed by atoms with van der Waals surface area (Å²) < 4.78 is 0. The zero-order valence-corrected chi connectivity index (χ0v) is 15.3. The van der Waals surface area contributed by atoms with Crippen molar-refractivity contribution < 1.29 is 4.79 Å². The highest BCUT2D eigenvalue weighted by Gasteiger charge is 2.28. The summed E-state index contributed by atoms with van der Waals surface area (Å²) in [7, 11) is 6.24. The molecule has 3 rings (SSSR count). The van der Waals surface area contributed by atoms with Gasteiger partial charge in [0.25, 0.3) is 0 Å². The molecule has 0 saturated carbocycles. The summed E-state index contributed by atoms with van der Waals surface area (Å²) in [5, 5.41) is 3.09. The third-order valence-corrected chi connectivity index (χ3v) is 4.86. The van der Waals surface area contributed by atoms with E-state index >= 15 is 0 Å². The summed E-state index contributed by atoms with van der Waals surface area (Å²) in [4.78, 5) is 17.2. The van der Waals surface area contributed by atoms with Gasteiger partial charge in [0.2, 0.25) is 5.91 Å². The third kappa shape index (κ3) is 4.20. The first-order valence-electron chi connectivity index (χ1n) is 8.89. The monoisotopic (exact) mass is 337 g/mol. The van der Waals surface area contributed by atoms with Gasteiger partial charge in [-0.1, -0.05) is 30.3 Å². The van der Waals surface area contributed by atoms with E-state index < -0.39 is 0 Å². The van der Waals surface area contributed by atoms with E-state index in [0.717, 1.165) is 42.9 Å². The number of hydrogen-bond donors (Lipinski definition) is 1. The van der Waals surface area contributed by atoms with Crippen LogP contribution >= 0.6 is 0 Å². The molecule has 25 heavy (non-hydrogen) atoms. The number of carbonyl (C=O) groups excluding carboxylic acids is 1. The fourth-order valence-electron chi connectivity index (χ4n) is 3.34. The van der Waals surface area contributed by atoms with Crippen LogP contribution in [0.3, 0.4) is 0 Å². The number of anilines is 2. The van der Waals surface area contributed by atoms with Crippen LogP contribution in [-0.2, 0) is 11.2 Å². The molecule has 2 aromatic rings. The molecule has 0 aliphatic carbocycles. The minimum absolute atomic E-state index is 0.0826. The van der Waals surface area contributed by atoms with Crippen molar-refractivity contribution in [1.82, 2.24) is 4.90 Å². The highest BCUT2D eigenvalue weighted by molar-refractivity contribution is 5.97. The van der Waals surface area contributed by atoms with Gasteiger partial charge in [-0.25, -0.2) is 0 Å². The highest BCUT2D eigenvalue weighted by atomic mass is 16.1. The second-order valence-electron chi connectivity index (χ2n) is 7.06. The van der Waals surface area contributed by atoms with E-state index in [1.165, 1.54) is 5.56 Å². The minimum atomic E-state index is -0.0826. The average molecular weight is 337 g/mol. The minimum Gasteiger partial charge on any atom is -0.374 e. The van der Waals surface area contributed by atoms with Crippen LogP contribution in [0.15, 0.2) is 48.5 Å².